The highest BCUT2D eigenvalue weighted by Gasteiger charge is 2.18. The molecule has 0 aromatic heterocycles. The summed E-state index contributed by atoms with van der Waals surface area (Å²) in [6, 6.07) is 8.41. The molecule has 0 unspecified atom stereocenters. The number of anilines is 1. The smallest absolute Gasteiger partial charge is 0.241 e. The lowest BCUT2D eigenvalue weighted by Gasteiger charge is -2.11. The lowest BCUT2D eigenvalue weighted by atomic mass is 10.2. The van der Waals surface area contributed by atoms with E-state index in [4.69, 9.17) is 0 Å². The number of halogens is 1. The van der Waals surface area contributed by atoms with Crippen molar-refractivity contribution in [1.82, 2.24) is 9.44 Å². The van der Waals surface area contributed by atoms with E-state index in [1.807, 2.05) is 0 Å². The van der Waals surface area contributed by atoms with Crippen molar-refractivity contribution >= 4 is 31.6 Å². The van der Waals surface area contributed by atoms with E-state index in [1.54, 1.807) is 6.92 Å². The molecule has 0 saturated heterocycles. The van der Waals surface area contributed by atoms with Crippen LogP contribution >= 0.6 is 0 Å². The number of aryl methyl sites for hydroxylation is 1. The van der Waals surface area contributed by atoms with Gasteiger partial charge in [0.15, 0.2) is 0 Å². The fourth-order valence-corrected chi connectivity index (χ4v) is 4.12. The molecule has 0 saturated carbocycles. The second-order valence-corrected chi connectivity index (χ2v) is 9.14. The van der Waals surface area contributed by atoms with Gasteiger partial charge in [0.2, 0.25) is 26.0 Å². The highest BCUT2D eigenvalue weighted by Crippen LogP contribution is 2.20. The summed E-state index contributed by atoms with van der Waals surface area (Å²) in [6.07, 6.45) is 0. The fraction of sp³-hybridized carbons (Fsp3) is 0.188. The molecule has 0 aliphatic heterocycles. The Morgan fingerprint density at radius 3 is 2.22 bits per heavy atom. The van der Waals surface area contributed by atoms with Crippen molar-refractivity contribution in [3.63, 3.8) is 0 Å². The van der Waals surface area contributed by atoms with Gasteiger partial charge in [0.05, 0.1) is 16.3 Å². The molecule has 3 N–H and O–H groups in total. The molecule has 0 aliphatic carbocycles. The highest BCUT2D eigenvalue weighted by atomic mass is 32.2. The van der Waals surface area contributed by atoms with Gasteiger partial charge in [-0.15, -0.1) is 0 Å². The maximum absolute atomic E-state index is 12.9. The molecule has 27 heavy (non-hydrogen) atoms. The van der Waals surface area contributed by atoms with E-state index < -0.39 is 38.3 Å². The number of sulfonamides is 2. The molecule has 0 atom stereocenters. The Bertz CT molecular complexity index is 1050. The van der Waals surface area contributed by atoms with Crippen LogP contribution in [0.1, 0.15) is 5.56 Å². The number of hydrogen-bond acceptors (Lipinski definition) is 5. The van der Waals surface area contributed by atoms with E-state index in [2.05, 4.69) is 14.8 Å². The van der Waals surface area contributed by atoms with Crippen LogP contribution in [0, 0.1) is 12.7 Å². The van der Waals surface area contributed by atoms with Crippen LogP contribution in [0.15, 0.2) is 52.3 Å². The Kier molecular flexibility index (Phi) is 6.31. The van der Waals surface area contributed by atoms with Crippen molar-refractivity contribution in [3.05, 3.63) is 53.8 Å². The van der Waals surface area contributed by atoms with E-state index in [9.17, 15) is 26.0 Å². The molecule has 0 heterocycles. The third-order valence-corrected chi connectivity index (χ3v) is 6.55. The van der Waals surface area contributed by atoms with E-state index >= 15 is 0 Å². The van der Waals surface area contributed by atoms with Gasteiger partial charge in [-0.25, -0.2) is 30.7 Å². The summed E-state index contributed by atoms with van der Waals surface area (Å²) in [5, 5.41) is 2.42. The molecule has 2 aromatic carbocycles. The minimum atomic E-state index is -3.99. The Hall–Kier alpha value is -2.34. The summed E-state index contributed by atoms with van der Waals surface area (Å²) in [5.74, 6) is -1.28. The number of nitrogens with one attached hydrogen (secondary N) is 3. The van der Waals surface area contributed by atoms with Gasteiger partial charge < -0.3 is 5.32 Å². The van der Waals surface area contributed by atoms with Crippen LogP contribution in [0.4, 0.5) is 10.1 Å². The SMILES string of the molecule is CNS(=O)(=O)c1cc(NC(=O)CNS(=O)(=O)c2ccc(F)cc2)ccc1C. The fourth-order valence-electron chi connectivity index (χ4n) is 2.14. The van der Waals surface area contributed by atoms with Gasteiger partial charge in [0.1, 0.15) is 5.82 Å². The van der Waals surface area contributed by atoms with Crippen LogP contribution in [0.2, 0.25) is 0 Å². The third kappa shape index (κ3) is 5.32. The maximum Gasteiger partial charge on any atom is 0.241 e. The minimum Gasteiger partial charge on any atom is -0.325 e. The standard InChI is InChI=1S/C16H18FN3O5S2/c1-11-3-6-13(9-15(11)27(24,25)18-2)20-16(21)10-19-26(22,23)14-7-4-12(17)5-8-14/h3-9,18-19H,10H2,1-2H3,(H,20,21). The largest absolute Gasteiger partial charge is 0.325 e. The molecular weight excluding hydrogens is 397 g/mol. The van der Waals surface area contributed by atoms with Crippen LogP contribution < -0.4 is 14.8 Å². The zero-order chi connectivity index (χ0) is 20.2. The van der Waals surface area contributed by atoms with Gasteiger partial charge in [-0.05, 0) is 55.9 Å². The molecule has 0 radical (unpaired) electrons. The van der Waals surface area contributed by atoms with Gasteiger partial charge in [-0.3, -0.25) is 4.79 Å². The van der Waals surface area contributed by atoms with Crippen molar-refractivity contribution in [2.45, 2.75) is 16.7 Å². The van der Waals surface area contributed by atoms with Crippen LogP contribution in [0.3, 0.4) is 0 Å². The van der Waals surface area contributed by atoms with Crippen molar-refractivity contribution in [1.29, 1.82) is 0 Å². The summed E-state index contributed by atoms with van der Waals surface area (Å²) in [6.45, 7) is 1.02. The maximum atomic E-state index is 12.9. The van der Waals surface area contributed by atoms with Crippen molar-refractivity contribution in [2.75, 3.05) is 18.9 Å². The molecule has 0 fully saturated rings. The molecule has 11 heteroatoms. The third-order valence-electron chi connectivity index (χ3n) is 3.58. The Morgan fingerprint density at radius 2 is 1.63 bits per heavy atom. The predicted octanol–water partition coefficient (Wildman–Crippen LogP) is 0.959. The van der Waals surface area contributed by atoms with E-state index in [0.717, 1.165) is 24.3 Å². The van der Waals surface area contributed by atoms with E-state index in [-0.39, 0.29) is 15.5 Å². The monoisotopic (exact) mass is 415 g/mol. The lowest BCUT2D eigenvalue weighted by molar-refractivity contribution is -0.115. The number of carbonyl (C=O) groups is 1. The molecule has 0 spiro atoms. The molecule has 2 aromatic rings. The van der Waals surface area contributed by atoms with Gasteiger partial charge in [-0.2, -0.15) is 0 Å². The van der Waals surface area contributed by atoms with Crippen molar-refractivity contribution in [2.24, 2.45) is 0 Å². The summed E-state index contributed by atoms with van der Waals surface area (Å²) < 4.78 is 65.2. The number of amides is 1. The lowest BCUT2D eigenvalue weighted by Crippen LogP contribution is -2.33. The van der Waals surface area contributed by atoms with Crippen LogP contribution in [-0.2, 0) is 24.8 Å². The van der Waals surface area contributed by atoms with Crippen molar-refractivity contribution < 1.29 is 26.0 Å². The first-order chi connectivity index (χ1) is 12.5. The summed E-state index contributed by atoms with van der Waals surface area (Å²) >= 11 is 0. The van der Waals surface area contributed by atoms with E-state index in [1.165, 1.54) is 25.2 Å². The molecular formula is C16H18FN3O5S2. The van der Waals surface area contributed by atoms with Gasteiger partial charge in [-0.1, -0.05) is 6.07 Å². The van der Waals surface area contributed by atoms with Crippen molar-refractivity contribution in [3.8, 4) is 0 Å². The minimum absolute atomic E-state index is 0.00491. The zero-order valence-electron chi connectivity index (χ0n) is 14.5. The average molecular weight is 415 g/mol. The highest BCUT2D eigenvalue weighted by molar-refractivity contribution is 7.89. The topological polar surface area (TPSA) is 121 Å². The second-order valence-electron chi connectivity index (χ2n) is 5.51. The number of rotatable bonds is 7. The molecule has 0 aliphatic rings. The first kappa shape index (κ1) is 21.0. The Labute approximate surface area is 156 Å². The summed E-state index contributed by atoms with van der Waals surface area (Å²) in [7, 11) is -6.43. The van der Waals surface area contributed by atoms with Gasteiger partial charge in [0, 0.05) is 5.69 Å². The number of hydrogen-bond donors (Lipinski definition) is 3. The van der Waals surface area contributed by atoms with Crippen LogP contribution in [0.5, 0.6) is 0 Å². The summed E-state index contributed by atoms with van der Waals surface area (Å²) in [4.78, 5) is 11.8. The molecule has 8 nitrogen and oxygen atoms in total. The molecule has 146 valence electrons. The van der Waals surface area contributed by atoms with Crippen LogP contribution in [0.25, 0.3) is 0 Å². The molecule has 0 bridgehead atoms. The van der Waals surface area contributed by atoms with E-state index in [0.29, 0.717) is 5.56 Å². The predicted molar refractivity (Wildman–Crippen MR) is 97.6 cm³/mol. The Morgan fingerprint density at radius 1 is 1.00 bits per heavy atom. The quantitative estimate of drug-likeness (QED) is 0.622. The first-order valence-corrected chi connectivity index (χ1v) is 10.6. The average Bonchev–Trinajstić information content (AvgIpc) is 2.62. The summed E-state index contributed by atoms with van der Waals surface area (Å²) in [5.41, 5.74) is 0.680. The van der Waals surface area contributed by atoms with Gasteiger partial charge in [0.25, 0.3) is 0 Å². The molecule has 2 rings (SSSR count). The first-order valence-electron chi connectivity index (χ1n) is 7.64. The van der Waals surface area contributed by atoms with Crippen LogP contribution in [-0.4, -0.2) is 36.3 Å². The molecule has 1 amide bonds. The Balaban J connectivity index is 2.08. The zero-order valence-corrected chi connectivity index (χ0v) is 16.1. The number of benzene rings is 2. The normalized spacial score (nSPS) is 12.0. The van der Waals surface area contributed by atoms with Gasteiger partial charge >= 0.3 is 0 Å². The second kappa shape index (κ2) is 8.13. The number of carbonyl (C=O) groups excluding carboxylic acids is 1.